The van der Waals surface area contributed by atoms with E-state index in [1.807, 2.05) is 24.3 Å². The van der Waals surface area contributed by atoms with Crippen molar-refractivity contribution < 1.29 is 0 Å². The third-order valence-corrected chi connectivity index (χ3v) is 6.30. The summed E-state index contributed by atoms with van der Waals surface area (Å²) in [7, 11) is 2.13. The van der Waals surface area contributed by atoms with E-state index in [4.69, 9.17) is 16.4 Å². The van der Waals surface area contributed by atoms with Gasteiger partial charge in [-0.2, -0.15) is 4.98 Å². The van der Waals surface area contributed by atoms with Crippen molar-refractivity contribution in [2.45, 2.75) is 45.7 Å². The fourth-order valence-electron chi connectivity index (χ4n) is 4.41. The molecular weight excluding hydrogens is 438 g/mol. The van der Waals surface area contributed by atoms with Gasteiger partial charge in [0.1, 0.15) is 11.9 Å². The molecule has 0 atom stereocenters. The lowest BCUT2D eigenvalue weighted by Gasteiger charge is -2.25. The number of benzene rings is 1. The number of aromatic nitrogens is 5. The molecule has 0 spiro atoms. The predicted octanol–water partition coefficient (Wildman–Crippen LogP) is 3.64. The summed E-state index contributed by atoms with van der Waals surface area (Å²) in [6.07, 6.45) is 8.20. The second-order valence-electron chi connectivity index (χ2n) is 10.0. The van der Waals surface area contributed by atoms with Crippen LogP contribution in [0.5, 0.6) is 0 Å². The molecule has 0 radical (unpaired) electrons. The minimum atomic E-state index is -0.246. The van der Waals surface area contributed by atoms with Crippen LogP contribution in [-0.2, 0) is 24.9 Å². The SMILES string of the molecule is C#CCn1c(=O)c2cnc(Nc3ccc4c(c3)CN(C)CC4)nc2n1-c1cccc(C(C)(C)C)n1. The molecule has 178 valence electrons. The third kappa shape index (κ3) is 4.31. The first kappa shape index (κ1) is 22.8. The van der Waals surface area contributed by atoms with Gasteiger partial charge < -0.3 is 10.2 Å². The summed E-state index contributed by atoms with van der Waals surface area (Å²) < 4.78 is 3.17. The van der Waals surface area contributed by atoms with Crippen LogP contribution in [0.4, 0.5) is 11.6 Å². The van der Waals surface area contributed by atoms with Crippen LogP contribution in [-0.4, -0.2) is 42.8 Å². The molecule has 5 rings (SSSR count). The van der Waals surface area contributed by atoms with Gasteiger partial charge in [-0.25, -0.2) is 19.3 Å². The van der Waals surface area contributed by atoms with E-state index >= 15 is 0 Å². The molecule has 1 aliphatic rings. The summed E-state index contributed by atoms with van der Waals surface area (Å²) >= 11 is 0. The Bertz CT molecular complexity index is 1520. The highest BCUT2D eigenvalue weighted by atomic mass is 16.1. The zero-order valence-corrected chi connectivity index (χ0v) is 20.5. The van der Waals surface area contributed by atoms with Crippen LogP contribution >= 0.6 is 0 Å². The number of hydrogen-bond donors (Lipinski definition) is 1. The summed E-state index contributed by atoms with van der Waals surface area (Å²) in [6, 6.07) is 12.1. The van der Waals surface area contributed by atoms with E-state index in [9.17, 15) is 4.79 Å². The molecular formula is C27H29N7O. The second kappa shape index (κ2) is 8.67. The van der Waals surface area contributed by atoms with Gasteiger partial charge in [0.15, 0.2) is 11.5 Å². The lowest BCUT2D eigenvalue weighted by molar-refractivity contribution is 0.313. The molecule has 0 unspecified atom stereocenters. The zero-order valence-electron chi connectivity index (χ0n) is 20.5. The Hall–Kier alpha value is -3.96. The molecule has 8 nitrogen and oxygen atoms in total. The van der Waals surface area contributed by atoms with E-state index in [2.05, 4.69) is 61.1 Å². The average Bonchev–Trinajstić information content (AvgIpc) is 3.09. The van der Waals surface area contributed by atoms with E-state index in [0.717, 1.165) is 30.9 Å². The van der Waals surface area contributed by atoms with Gasteiger partial charge in [-0.1, -0.05) is 38.8 Å². The molecule has 0 saturated heterocycles. The molecule has 35 heavy (non-hydrogen) atoms. The van der Waals surface area contributed by atoms with Crippen molar-refractivity contribution in [2.75, 3.05) is 18.9 Å². The number of fused-ring (bicyclic) bond motifs is 2. The molecule has 1 aliphatic heterocycles. The lowest BCUT2D eigenvalue weighted by atomic mass is 9.92. The van der Waals surface area contributed by atoms with Crippen LogP contribution in [0.15, 0.2) is 47.4 Å². The normalized spacial score (nSPS) is 14.0. The predicted molar refractivity (Wildman–Crippen MR) is 138 cm³/mol. The van der Waals surface area contributed by atoms with Crippen molar-refractivity contribution in [3.63, 3.8) is 0 Å². The van der Waals surface area contributed by atoms with Crippen molar-refractivity contribution in [1.29, 1.82) is 0 Å². The van der Waals surface area contributed by atoms with Gasteiger partial charge in [0.2, 0.25) is 5.95 Å². The van der Waals surface area contributed by atoms with Crippen LogP contribution in [0, 0.1) is 12.3 Å². The van der Waals surface area contributed by atoms with Gasteiger partial charge in [-0.3, -0.25) is 4.79 Å². The largest absolute Gasteiger partial charge is 0.324 e. The molecule has 1 aromatic carbocycles. The quantitative estimate of drug-likeness (QED) is 0.462. The first-order valence-electron chi connectivity index (χ1n) is 11.7. The van der Waals surface area contributed by atoms with Crippen LogP contribution in [0.1, 0.15) is 37.6 Å². The molecule has 4 aromatic rings. The molecule has 0 fully saturated rings. The number of rotatable bonds is 4. The Labute approximate surface area is 204 Å². The van der Waals surface area contributed by atoms with Crippen molar-refractivity contribution in [2.24, 2.45) is 0 Å². The Morgan fingerprint density at radius 1 is 1.14 bits per heavy atom. The highest BCUT2D eigenvalue weighted by Gasteiger charge is 2.21. The summed E-state index contributed by atoms with van der Waals surface area (Å²) in [6.45, 7) is 8.37. The van der Waals surface area contributed by atoms with E-state index in [-0.39, 0.29) is 17.5 Å². The zero-order chi connectivity index (χ0) is 24.7. The molecule has 4 heterocycles. The smallest absolute Gasteiger partial charge is 0.279 e. The minimum absolute atomic E-state index is 0.0950. The van der Waals surface area contributed by atoms with Gasteiger partial charge >= 0.3 is 0 Å². The van der Waals surface area contributed by atoms with Crippen LogP contribution in [0.3, 0.4) is 0 Å². The van der Waals surface area contributed by atoms with Crippen LogP contribution in [0.2, 0.25) is 0 Å². The number of nitrogens with one attached hydrogen (secondary N) is 1. The first-order chi connectivity index (χ1) is 16.7. The Kier molecular flexibility index (Phi) is 5.65. The van der Waals surface area contributed by atoms with E-state index in [1.165, 1.54) is 15.8 Å². The highest BCUT2D eigenvalue weighted by molar-refractivity contribution is 5.77. The molecule has 1 N–H and O–H groups in total. The lowest BCUT2D eigenvalue weighted by Crippen LogP contribution is -2.26. The molecule has 8 heteroatoms. The number of terminal acetylenes is 1. The van der Waals surface area contributed by atoms with Crippen molar-refractivity contribution in [3.05, 3.63) is 69.8 Å². The highest BCUT2D eigenvalue weighted by Crippen LogP contribution is 2.25. The van der Waals surface area contributed by atoms with Gasteiger partial charge in [-0.05, 0) is 48.9 Å². The van der Waals surface area contributed by atoms with Crippen molar-refractivity contribution in [1.82, 2.24) is 29.2 Å². The maximum absolute atomic E-state index is 13.2. The topological polar surface area (TPSA) is 80.9 Å². The summed E-state index contributed by atoms with van der Waals surface area (Å²) in [5.41, 5.74) is 4.54. The molecule has 0 amide bonds. The van der Waals surface area contributed by atoms with E-state index in [1.54, 1.807) is 10.9 Å². The van der Waals surface area contributed by atoms with Gasteiger partial charge in [-0.15, -0.1) is 6.42 Å². The standard InChI is InChI=1S/C27H29N7O/c1-6-13-33-25(35)21-16-28-26(29-20-11-10-18-12-14-32(5)17-19(18)15-20)31-24(21)34(33)23-9-7-8-22(30-23)27(2,3)4/h1,7-11,15-16H,12-14,17H2,2-5H3,(H,28,29,31). The van der Waals surface area contributed by atoms with Gasteiger partial charge in [0, 0.05) is 36.1 Å². The fourth-order valence-corrected chi connectivity index (χ4v) is 4.41. The summed E-state index contributed by atoms with van der Waals surface area (Å²) in [5, 5.41) is 3.70. The third-order valence-electron chi connectivity index (χ3n) is 6.30. The fraction of sp³-hybridized carbons (Fsp3) is 0.333. The van der Waals surface area contributed by atoms with Gasteiger partial charge in [0.25, 0.3) is 5.56 Å². The Balaban J connectivity index is 1.61. The van der Waals surface area contributed by atoms with E-state index < -0.39 is 0 Å². The summed E-state index contributed by atoms with van der Waals surface area (Å²) in [4.78, 5) is 29.5. The summed E-state index contributed by atoms with van der Waals surface area (Å²) in [5.74, 6) is 3.56. The first-order valence-corrected chi connectivity index (χ1v) is 11.7. The maximum atomic E-state index is 13.2. The number of nitrogens with zero attached hydrogens (tertiary/aromatic N) is 6. The van der Waals surface area contributed by atoms with Crippen molar-refractivity contribution >= 4 is 22.7 Å². The number of anilines is 2. The molecule has 0 saturated carbocycles. The van der Waals surface area contributed by atoms with E-state index in [0.29, 0.717) is 22.8 Å². The molecule has 0 aliphatic carbocycles. The van der Waals surface area contributed by atoms with Crippen LogP contribution < -0.4 is 10.9 Å². The second-order valence-corrected chi connectivity index (χ2v) is 10.0. The Morgan fingerprint density at radius 2 is 1.97 bits per heavy atom. The average molecular weight is 468 g/mol. The maximum Gasteiger partial charge on any atom is 0.279 e. The van der Waals surface area contributed by atoms with Crippen LogP contribution in [0.25, 0.3) is 16.9 Å². The monoisotopic (exact) mass is 467 g/mol. The van der Waals surface area contributed by atoms with Gasteiger partial charge in [0.05, 0.1) is 0 Å². The molecule has 3 aromatic heterocycles. The molecule has 0 bridgehead atoms. The minimum Gasteiger partial charge on any atom is -0.324 e. The number of likely N-dealkylation sites (N-methyl/N-ethyl adjacent to an activating group) is 1. The Morgan fingerprint density at radius 3 is 2.74 bits per heavy atom. The number of hydrogen-bond acceptors (Lipinski definition) is 6. The number of pyridine rings is 1. The van der Waals surface area contributed by atoms with Crippen molar-refractivity contribution in [3.8, 4) is 18.2 Å².